The van der Waals surface area contributed by atoms with Crippen molar-refractivity contribution < 1.29 is 9.90 Å². The molecule has 60 valence electrons. The molecule has 0 spiro atoms. The van der Waals surface area contributed by atoms with Crippen molar-refractivity contribution in [1.82, 2.24) is 0 Å². The average molecular weight is 146 g/mol. The standard InChI is InChI=1S/C6H14N2O2/c1-4(9)6(8)5(10)2-3-7/h4,6,9H,2-3,7-8H2,1H3. The first-order chi connectivity index (χ1) is 4.59. The van der Waals surface area contributed by atoms with Gasteiger partial charge in [-0.1, -0.05) is 0 Å². The normalized spacial score (nSPS) is 16.4. The third-order valence-electron chi connectivity index (χ3n) is 1.28. The van der Waals surface area contributed by atoms with E-state index in [0.29, 0.717) is 6.54 Å². The molecule has 0 saturated heterocycles. The van der Waals surface area contributed by atoms with E-state index in [2.05, 4.69) is 0 Å². The lowest BCUT2D eigenvalue weighted by molar-refractivity contribution is -0.122. The van der Waals surface area contributed by atoms with Gasteiger partial charge < -0.3 is 16.6 Å². The lowest BCUT2D eigenvalue weighted by atomic mass is 10.1. The Balaban J connectivity index is 3.71. The van der Waals surface area contributed by atoms with Gasteiger partial charge in [-0.2, -0.15) is 0 Å². The number of Topliss-reactive ketones (excluding diaryl/α,β-unsaturated/α-hetero) is 1. The van der Waals surface area contributed by atoms with E-state index >= 15 is 0 Å². The van der Waals surface area contributed by atoms with Gasteiger partial charge in [0.15, 0.2) is 5.78 Å². The van der Waals surface area contributed by atoms with Gasteiger partial charge in [-0.25, -0.2) is 0 Å². The Bertz CT molecular complexity index is 114. The number of rotatable bonds is 4. The second kappa shape index (κ2) is 4.38. The maximum absolute atomic E-state index is 10.8. The highest BCUT2D eigenvalue weighted by molar-refractivity contribution is 5.84. The maximum atomic E-state index is 10.8. The predicted octanol–water partition coefficient (Wildman–Crippen LogP) is -1.39. The third-order valence-corrected chi connectivity index (χ3v) is 1.28. The van der Waals surface area contributed by atoms with Gasteiger partial charge >= 0.3 is 0 Å². The molecule has 0 aromatic carbocycles. The van der Waals surface area contributed by atoms with E-state index in [1.165, 1.54) is 6.92 Å². The molecule has 0 aromatic rings. The fourth-order valence-electron chi connectivity index (χ4n) is 0.578. The minimum atomic E-state index is -0.779. The molecule has 0 rings (SSSR count). The second-order valence-corrected chi connectivity index (χ2v) is 2.27. The monoisotopic (exact) mass is 146 g/mol. The lowest BCUT2D eigenvalue weighted by Crippen LogP contribution is -2.40. The van der Waals surface area contributed by atoms with E-state index in [0.717, 1.165) is 0 Å². The smallest absolute Gasteiger partial charge is 0.153 e. The fourth-order valence-corrected chi connectivity index (χ4v) is 0.578. The molecule has 0 radical (unpaired) electrons. The zero-order valence-electron chi connectivity index (χ0n) is 6.08. The van der Waals surface area contributed by atoms with Crippen LogP contribution in [0, 0.1) is 0 Å². The van der Waals surface area contributed by atoms with Gasteiger partial charge in [-0.3, -0.25) is 4.79 Å². The molecule has 5 N–H and O–H groups in total. The Labute approximate surface area is 60.2 Å². The van der Waals surface area contributed by atoms with Crippen LogP contribution in [-0.4, -0.2) is 29.6 Å². The number of carbonyl (C=O) groups excluding carboxylic acids is 1. The minimum Gasteiger partial charge on any atom is -0.391 e. The summed E-state index contributed by atoms with van der Waals surface area (Å²) in [5.74, 6) is -0.183. The van der Waals surface area contributed by atoms with Crippen LogP contribution in [0.1, 0.15) is 13.3 Å². The van der Waals surface area contributed by atoms with Crippen LogP contribution in [0.25, 0.3) is 0 Å². The molecular weight excluding hydrogens is 132 g/mol. The summed E-state index contributed by atoms with van der Waals surface area (Å²) in [6, 6.07) is -0.774. The Hall–Kier alpha value is -0.450. The maximum Gasteiger partial charge on any atom is 0.153 e. The summed E-state index contributed by atoms with van der Waals surface area (Å²) in [6.45, 7) is 1.78. The van der Waals surface area contributed by atoms with Crippen molar-refractivity contribution in [1.29, 1.82) is 0 Å². The Morgan fingerprint density at radius 3 is 2.50 bits per heavy atom. The van der Waals surface area contributed by atoms with Gasteiger partial charge in [-0.15, -0.1) is 0 Å². The largest absolute Gasteiger partial charge is 0.391 e. The minimum absolute atomic E-state index is 0.183. The molecule has 0 aliphatic rings. The Morgan fingerprint density at radius 1 is 1.70 bits per heavy atom. The highest BCUT2D eigenvalue weighted by atomic mass is 16.3. The quantitative estimate of drug-likeness (QED) is 0.455. The number of ketones is 1. The first-order valence-electron chi connectivity index (χ1n) is 3.26. The number of aliphatic hydroxyl groups is 1. The van der Waals surface area contributed by atoms with Crippen molar-refractivity contribution in [2.75, 3.05) is 6.54 Å². The number of hydrogen-bond acceptors (Lipinski definition) is 4. The van der Waals surface area contributed by atoms with Crippen LogP contribution < -0.4 is 11.5 Å². The number of carbonyl (C=O) groups is 1. The highest BCUT2D eigenvalue weighted by Gasteiger charge is 2.16. The van der Waals surface area contributed by atoms with E-state index in [-0.39, 0.29) is 12.2 Å². The van der Waals surface area contributed by atoms with Crippen LogP contribution in [0.5, 0.6) is 0 Å². The van der Waals surface area contributed by atoms with Gasteiger partial charge in [0.05, 0.1) is 12.1 Å². The van der Waals surface area contributed by atoms with Gasteiger partial charge in [0.1, 0.15) is 0 Å². The molecule has 0 amide bonds. The van der Waals surface area contributed by atoms with Crippen LogP contribution in [0.3, 0.4) is 0 Å². The summed E-state index contributed by atoms with van der Waals surface area (Å²) in [5, 5.41) is 8.83. The molecule has 0 aliphatic carbocycles. The summed E-state index contributed by atoms with van der Waals surface area (Å²) < 4.78 is 0. The summed E-state index contributed by atoms with van der Waals surface area (Å²) in [7, 11) is 0. The molecular formula is C6H14N2O2. The number of aliphatic hydroxyl groups excluding tert-OH is 1. The average Bonchev–Trinajstić information content (AvgIpc) is 1.87. The van der Waals surface area contributed by atoms with E-state index in [1.807, 2.05) is 0 Å². The van der Waals surface area contributed by atoms with Crippen molar-refractivity contribution in [2.24, 2.45) is 11.5 Å². The van der Waals surface area contributed by atoms with Crippen molar-refractivity contribution in [3.63, 3.8) is 0 Å². The second-order valence-electron chi connectivity index (χ2n) is 2.27. The van der Waals surface area contributed by atoms with Gasteiger partial charge in [-0.05, 0) is 13.5 Å². The summed E-state index contributed by atoms with van der Waals surface area (Å²) in [5.41, 5.74) is 10.4. The van der Waals surface area contributed by atoms with Gasteiger partial charge in [0.25, 0.3) is 0 Å². The molecule has 4 heteroatoms. The van der Waals surface area contributed by atoms with Crippen molar-refractivity contribution >= 4 is 5.78 Å². The molecule has 2 unspecified atom stereocenters. The zero-order valence-corrected chi connectivity index (χ0v) is 6.08. The topological polar surface area (TPSA) is 89.3 Å². The molecule has 0 saturated carbocycles. The van der Waals surface area contributed by atoms with E-state index in [1.54, 1.807) is 0 Å². The molecule has 10 heavy (non-hydrogen) atoms. The van der Waals surface area contributed by atoms with Crippen LogP contribution in [-0.2, 0) is 4.79 Å². The molecule has 0 aliphatic heterocycles. The van der Waals surface area contributed by atoms with Crippen LogP contribution in [0.2, 0.25) is 0 Å². The van der Waals surface area contributed by atoms with Gasteiger partial charge in [0, 0.05) is 6.42 Å². The van der Waals surface area contributed by atoms with Crippen molar-refractivity contribution in [3.05, 3.63) is 0 Å². The Morgan fingerprint density at radius 2 is 2.20 bits per heavy atom. The van der Waals surface area contributed by atoms with Crippen LogP contribution in [0.4, 0.5) is 0 Å². The number of hydrogen-bond donors (Lipinski definition) is 3. The van der Waals surface area contributed by atoms with E-state index < -0.39 is 12.1 Å². The lowest BCUT2D eigenvalue weighted by Gasteiger charge is -2.11. The fraction of sp³-hybridized carbons (Fsp3) is 0.833. The van der Waals surface area contributed by atoms with Crippen LogP contribution in [0.15, 0.2) is 0 Å². The molecule has 2 atom stereocenters. The summed E-state index contributed by atoms with van der Waals surface area (Å²) >= 11 is 0. The van der Waals surface area contributed by atoms with Crippen molar-refractivity contribution in [3.8, 4) is 0 Å². The van der Waals surface area contributed by atoms with Crippen molar-refractivity contribution in [2.45, 2.75) is 25.5 Å². The predicted molar refractivity (Wildman–Crippen MR) is 38.3 cm³/mol. The third kappa shape index (κ3) is 2.91. The van der Waals surface area contributed by atoms with Crippen LogP contribution >= 0.6 is 0 Å². The summed E-state index contributed by atoms with van der Waals surface area (Å²) in [4.78, 5) is 10.8. The zero-order chi connectivity index (χ0) is 8.15. The molecule has 0 aromatic heterocycles. The molecule has 4 nitrogen and oxygen atoms in total. The Kier molecular flexibility index (Phi) is 4.18. The number of nitrogens with two attached hydrogens (primary N) is 2. The SMILES string of the molecule is CC(O)C(N)C(=O)CCN. The van der Waals surface area contributed by atoms with E-state index in [4.69, 9.17) is 16.6 Å². The van der Waals surface area contributed by atoms with E-state index in [9.17, 15) is 4.79 Å². The first kappa shape index (κ1) is 9.55. The molecule has 0 fully saturated rings. The first-order valence-corrected chi connectivity index (χ1v) is 3.26. The van der Waals surface area contributed by atoms with Gasteiger partial charge in [0.2, 0.25) is 0 Å². The summed E-state index contributed by atoms with van der Waals surface area (Å²) in [6.07, 6.45) is -0.537. The molecule has 0 heterocycles. The molecule has 0 bridgehead atoms. The highest BCUT2D eigenvalue weighted by Crippen LogP contribution is 1.92.